The summed E-state index contributed by atoms with van der Waals surface area (Å²) in [6.45, 7) is 6.72. The number of rotatable bonds is 9. The highest BCUT2D eigenvalue weighted by atomic mass is 16.5. The standard InChI is InChI=1S/C19H25NO3/c1-15-4-7-19(14-16(15)2)22-11-10-20-17-5-8-18(9-6-17)23-13-12-21-3/h4-9,14,20H,10-13H2,1-3H3. The molecule has 0 aliphatic carbocycles. The highest BCUT2D eigenvalue weighted by Gasteiger charge is 1.98. The Balaban J connectivity index is 1.70. The van der Waals surface area contributed by atoms with Crippen molar-refractivity contribution < 1.29 is 14.2 Å². The minimum Gasteiger partial charge on any atom is -0.492 e. The summed E-state index contributed by atoms with van der Waals surface area (Å²) in [5.41, 5.74) is 3.58. The summed E-state index contributed by atoms with van der Waals surface area (Å²) in [6.07, 6.45) is 0. The van der Waals surface area contributed by atoms with Crippen molar-refractivity contribution in [1.29, 1.82) is 0 Å². The molecule has 1 N–H and O–H groups in total. The summed E-state index contributed by atoms with van der Waals surface area (Å²) >= 11 is 0. The molecule has 4 nitrogen and oxygen atoms in total. The summed E-state index contributed by atoms with van der Waals surface area (Å²) in [5, 5.41) is 3.33. The molecule has 2 aromatic carbocycles. The Hall–Kier alpha value is -2.20. The van der Waals surface area contributed by atoms with E-state index in [-0.39, 0.29) is 0 Å². The lowest BCUT2D eigenvalue weighted by atomic mass is 10.1. The van der Waals surface area contributed by atoms with Gasteiger partial charge in [-0.1, -0.05) is 6.07 Å². The van der Waals surface area contributed by atoms with Crippen molar-refractivity contribution in [3.05, 3.63) is 53.6 Å². The molecule has 0 heterocycles. The van der Waals surface area contributed by atoms with Crippen LogP contribution in [0.5, 0.6) is 11.5 Å². The molecule has 0 spiro atoms. The molecule has 0 unspecified atom stereocenters. The first-order valence-electron chi connectivity index (χ1n) is 7.85. The zero-order valence-corrected chi connectivity index (χ0v) is 14.1. The van der Waals surface area contributed by atoms with Gasteiger partial charge < -0.3 is 19.5 Å². The van der Waals surface area contributed by atoms with Crippen molar-refractivity contribution >= 4 is 5.69 Å². The Morgan fingerprint density at radius 3 is 2.17 bits per heavy atom. The number of hydrogen-bond donors (Lipinski definition) is 1. The first-order chi connectivity index (χ1) is 11.2. The van der Waals surface area contributed by atoms with Gasteiger partial charge in [0.15, 0.2) is 0 Å². The van der Waals surface area contributed by atoms with Gasteiger partial charge in [-0.05, 0) is 61.4 Å². The third-order valence-electron chi connectivity index (χ3n) is 3.59. The van der Waals surface area contributed by atoms with Crippen LogP contribution < -0.4 is 14.8 Å². The van der Waals surface area contributed by atoms with Gasteiger partial charge in [-0.15, -0.1) is 0 Å². The van der Waals surface area contributed by atoms with Crippen molar-refractivity contribution in [3.8, 4) is 11.5 Å². The van der Waals surface area contributed by atoms with E-state index >= 15 is 0 Å². The molecule has 2 rings (SSSR count). The van der Waals surface area contributed by atoms with E-state index in [9.17, 15) is 0 Å². The second-order valence-electron chi connectivity index (χ2n) is 5.39. The van der Waals surface area contributed by atoms with Crippen LogP contribution in [0.2, 0.25) is 0 Å². The van der Waals surface area contributed by atoms with Crippen LogP contribution in [0.4, 0.5) is 5.69 Å². The molecule has 2 aromatic rings. The zero-order chi connectivity index (χ0) is 16.5. The van der Waals surface area contributed by atoms with E-state index in [1.165, 1.54) is 11.1 Å². The fourth-order valence-electron chi connectivity index (χ4n) is 2.08. The predicted octanol–water partition coefficient (Wildman–Crippen LogP) is 3.82. The molecule has 4 heteroatoms. The van der Waals surface area contributed by atoms with Crippen molar-refractivity contribution in [1.82, 2.24) is 0 Å². The number of ether oxygens (including phenoxy) is 3. The summed E-state index contributed by atoms with van der Waals surface area (Å²) in [5.74, 6) is 1.76. The number of methoxy groups -OCH3 is 1. The van der Waals surface area contributed by atoms with Crippen LogP contribution in [-0.4, -0.2) is 33.5 Å². The molecule has 0 bridgehead atoms. The number of nitrogens with one attached hydrogen (secondary N) is 1. The summed E-state index contributed by atoms with van der Waals surface area (Å²) in [4.78, 5) is 0. The molecule has 0 fully saturated rings. The van der Waals surface area contributed by atoms with Gasteiger partial charge in [0.25, 0.3) is 0 Å². The first-order valence-corrected chi connectivity index (χ1v) is 7.85. The molecule has 0 aliphatic heterocycles. The molecule has 124 valence electrons. The van der Waals surface area contributed by atoms with E-state index < -0.39 is 0 Å². The van der Waals surface area contributed by atoms with E-state index in [1.807, 2.05) is 30.3 Å². The van der Waals surface area contributed by atoms with Crippen LogP contribution in [0.1, 0.15) is 11.1 Å². The highest BCUT2D eigenvalue weighted by molar-refractivity contribution is 5.46. The lowest BCUT2D eigenvalue weighted by molar-refractivity contribution is 0.146. The lowest BCUT2D eigenvalue weighted by Gasteiger charge is -2.11. The minimum atomic E-state index is 0.563. The predicted molar refractivity (Wildman–Crippen MR) is 93.7 cm³/mol. The Bertz CT molecular complexity index is 596. The fraction of sp³-hybridized carbons (Fsp3) is 0.368. The highest BCUT2D eigenvalue weighted by Crippen LogP contribution is 2.17. The lowest BCUT2D eigenvalue weighted by Crippen LogP contribution is -2.11. The van der Waals surface area contributed by atoms with Crippen molar-refractivity contribution in [3.63, 3.8) is 0 Å². The maximum atomic E-state index is 5.75. The second kappa shape index (κ2) is 9.06. The molecule has 23 heavy (non-hydrogen) atoms. The first kappa shape index (κ1) is 17.2. The number of anilines is 1. The van der Waals surface area contributed by atoms with Gasteiger partial charge in [-0.2, -0.15) is 0 Å². The van der Waals surface area contributed by atoms with Gasteiger partial charge in [0.05, 0.1) is 6.61 Å². The molecule has 0 aromatic heterocycles. The van der Waals surface area contributed by atoms with Crippen LogP contribution in [0.25, 0.3) is 0 Å². The maximum absolute atomic E-state index is 5.75. The molecule has 0 saturated heterocycles. The van der Waals surface area contributed by atoms with E-state index in [4.69, 9.17) is 14.2 Å². The largest absolute Gasteiger partial charge is 0.492 e. The molecule has 0 aliphatic rings. The molecule has 0 radical (unpaired) electrons. The third-order valence-corrected chi connectivity index (χ3v) is 3.59. The number of aryl methyl sites for hydroxylation is 2. The van der Waals surface area contributed by atoms with Gasteiger partial charge in [-0.3, -0.25) is 0 Å². The van der Waals surface area contributed by atoms with E-state index in [0.29, 0.717) is 19.8 Å². The fourth-order valence-corrected chi connectivity index (χ4v) is 2.08. The maximum Gasteiger partial charge on any atom is 0.119 e. The van der Waals surface area contributed by atoms with E-state index in [0.717, 1.165) is 23.7 Å². The van der Waals surface area contributed by atoms with Crippen LogP contribution in [-0.2, 0) is 4.74 Å². The SMILES string of the molecule is COCCOc1ccc(NCCOc2ccc(C)c(C)c2)cc1. The zero-order valence-electron chi connectivity index (χ0n) is 14.1. The van der Waals surface area contributed by atoms with Gasteiger partial charge in [0.1, 0.15) is 24.7 Å². The molecule has 0 amide bonds. The van der Waals surface area contributed by atoms with Crippen molar-refractivity contribution in [2.45, 2.75) is 13.8 Å². The monoisotopic (exact) mass is 315 g/mol. The van der Waals surface area contributed by atoms with Crippen LogP contribution in [0.15, 0.2) is 42.5 Å². The van der Waals surface area contributed by atoms with Gasteiger partial charge >= 0.3 is 0 Å². The summed E-state index contributed by atoms with van der Waals surface area (Å²) < 4.78 is 16.2. The van der Waals surface area contributed by atoms with Crippen molar-refractivity contribution in [2.24, 2.45) is 0 Å². The normalized spacial score (nSPS) is 10.4. The smallest absolute Gasteiger partial charge is 0.119 e. The Morgan fingerprint density at radius 1 is 0.783 bits per heavy atom. The summed E-state index contributed by atoms with van der Waals surface area (Å²) in [6, 6.07) is 14.1. The number of hydrogen-bond acceptors (Lipinski definition) is 4. The average molecular weight is 315 g/mol. The third kappa shape index (κ3) is 5.83. The van der Waals surface area contributed by atoms with Crippen LogP contribution in [0.3, 0.4) is 0 Å². The van der Waals surface area contributed by atoms with Gasteiger partial charge in [-0.25, -0.2) is 0 Å². The number of benzene rings is 2. The Labute approximate surface area is 138 Å². The molecular weight excluding hydrogens is 290 g/mol. The van der Waals surface area contributed by atoms with E-state index in [1.54, 1.807) is 7.11 Å². The van der Waals surface area contributed by atoms with Gasteiger partial charge in [0.2, 0.25) is 0 Å². The van der Waals surface area contributed by atoms with E-state index in [2.05, 4.69) is 31.3 Å². The van der Waals surface area contributed by atoms with Crippen molar-refractivity contribution in [2.75, 3.05) is 38.8 Å². The Kier molecular flexibility index (Phi) is 6.76. The Morgan fingerprint density at radius 2 is 1.48 bits per heavy atom. The minimum absolute atomic E-state index is 0.563. The van der Waals surface area contributed by atoms with Crippen LogP contribution in [0, 0.1) is 13.8 Å². The van der Waals surface area contributed by atoms with Gasteiger partial charge in [0, 0.05) is 19.3 Å². The quantitative estimate of drug-likeness (QED) is 0.714. The molecular formula is C19H25NO3. The van der Waals surface area contributed by atoms with Crippen LogP contribution >= 0.6 is 0 Å². The summed E-state index contributed by atoms with van der Waals surface area (Å²) in [7, 11) is 1.66. The molecule has 0 atom stereocenters. The average Bonchev–Trinajstić information content (AvgIpc) is 2.56. The topological polar surface area (TPSA) is 39.7 Å². The molecule has 0 saturated carbocycles. The second-order valence-corrected chi connectivity index (χ2v) is 5.39.